The normalized spacial score (nSPS) is 20.1. The minimum Gasteiger partial charge on any atom is -0.370 e. The highest BCUT2D eigenvalue weighted by molar-refractivity contribution is 5.76. The summed E-state index contributed by atoms with van der Waals surface area (Å²) in [5, 5.41) is 3.31. The van der Waals surface area contributed by atoms with Gasteiger partial charge in [-0.2, -0.15) is 0 Å². The third-order valence-corrected chi connectivity index (χ3v) is 3.30. The summed E-state index contributed by atoms with van der Waals surface area (Å²) < 4.78 is 0. The minimum absolute atomic E-state index is 0.239. The van der Waals surface area contributed by atoms with Gasteiger partial charge in [0.1, 0.15) is 11.6 Å². The summed E-state index contributed by atoms with van der Waals surface area (Å²) in [6.07, 6.45) is 1.69. The number of rotatable bonds is 3. The molecule has 98 valence electrons. The van der Waals surface area contributed by atoms with Crippen LogP contribution in [0.3, 0.4) is 0 Å². The molecule has 0 saturated carbocycles. The molecule has 1 N–H and O–H groups in total. The summed E-state index contributed by atoms with van der Waals surface area (Å²) >= 11 is 0. The van der Waals surface area contributed by atoms with E-state index in [2.05, 4.69) is 15.3 Å². The van der Waals surface area contributed by atoms with Crippen LogP contribution in [0.4, 0.5) is 5.82 Å². The average Bonchev–Trinajstić information content (AvgIpc) is 2.29. The van der Waals surface area contributed by atoms with Crippen molar-refractivity contribution in [1.82, 2.24) is 14.9 Å². The van der Waals surface area contributed by atoms with E-state index >= 15 is 0 Å². The molecule has 2 rings (SSSR count). The molecule has 0 aromatic carbocycles. The summed E-state index contributed by atoms with van der Waals surface area (Å²) in [5.41, 5.74) is 0.962. The molecule has 1 aromatic heterocycles. The predicted octanol–water partition coefficient (Wildman–Crippen LogP) is 1.37. The lowest BCUT2D eigenvalue weighted by atomic mass is 9.96. The second-order valence-electron chi connectivity index (χ2n) is 5.00. The molecule has 0 bridgehead atoms. The highest BCUT2D eigenvalue weighted by atomic mass is 16.2. The molecular formula is C13H20N4O. The lowest BCUT2D eigenvalue weighted by molar-refractivity contribution is -0.133. The van der Waals surface area contributed by atoms with Crippen LogP contribution in [0.2, 0.25) is 0 Å². The molecule has 0 radical (unpaired) electrons. The summed E-state index contributed by atoms with van der Waals surface area (Å²) in [6, 6.07) is 1.93. The molecule has 1 aliphatic heterocycles. The second kappa shape index (κ2) is 5.33. The first-order chi connectivity index (χ1) is 8.54. The highest BCUT2D eigenvalue weighted by Crippen LogP contribution is 2.18. The van der Waals surface area contributed by atoms with Crippen LogP contribution in [-0.2, 0) is 4.79 Å². The van der Waals surface area contributed by atoms with Gasteiger partial charge in [-0.05, 0) is 26.2 Å². The Hall–Kier alpha value is -1.65. The van der Waals surface area contributed by atoms with Crippen molar-refractivity contribution < 1.29 is 4.79 Å². The topological polar surface area (TPSA) is 58.1 Å². The van der Waals surface area contributed by atoms with E-state index in [-0.39, 0.29) is 5.91 Å². The lowest BCUT2D eigenvalue weighted by Crippen LogP contribution is -2.37. The van der Waals surface area contributed by atoms with Gasteiger partial charge >= 0.3 is 0 Å². The third kappa shape index (κ3) is 3.18. The molecule has 0 spiro atoms. The van der Waals surface area contributed by atoms with E-state index < -0.39 is 0 Å². The molecule has 1 amide bonds. The largest absolute Gasteiger partial charge is 0.370 e. The van der Waals surface area contributed by atoms with Crippen molar-refractivity contribution in [2.24, 2.45) is 5.92 Å². The second-order valence-corrected chi connectivity index (χ2v) is 5.00. The van der Waals surface area contributed by atoms with Crippen LogP contribution in [0.25, 0.3) is 0 Å². The van der Waals surface area contributed by atoms with E-state index in [1.165, 1.54) is 0 Å². The summed E-state index contributed by atoms with van der Waals surface area (Å²) in [6.45, 7) is 5.50. The van der Waals surface area contributed by atoms with E-state index in [9.17, 15) is 4.79 Å². The molecular weight excluding hydrogens is 228 g/mol. The van der Waals surface area contributed by atoms with Crippen molar-refractivity contribution in [3.63, 3.8) is 0 Å². The Bertz CT molecular complexity index is 426. The molecule has 1 aliphatic rings. The van der Waals surface area contributed by atoms with E-state index in [4.69, 9.17) is 0 Å². The molecule has 1 aromatic rings. The van der Waals surface area contributed by atoms with Gasteiger partial charge in [-0.1, -0.05) is 0 Å². The zero-order valence-electron chi connectivity index (χ0n) is 11.2. The fourth-order valence-electron chi connectivity index (χ4n) is 2.24. The smallest absolute Gasteiger partial charge is 0.222 e. The van der Waals surface area contributed by atoms with Crippen molar-refractivity contribution >= 4 is 11.7 Å². The number of aryl methyl sites for hydroxylation is 2. The number of carbonyl (C=O) groups is 1. The van der Waals surface area contributed by atoms with Crippen LogP contribution in [0.1, 0.15) is 24.4 Å². The van der Waals surface area contributed by atoms with Gasteiger partial charge in [-0.3, -0.25) is 4.79 Å². The third-order valence-electron chi connectivity index (χ3n) is 3.30. The van der Waals surface area contributed by atoms with Crippen LogP contribution >= 0.6 is 0 Å². The van der Waals surface area contributed by atoms with Crippen LogP contribution < -0.4 is 5.32 Å². The van der Waals surface area contributed by atoms with Crippen molar-refractivity contribution in [2.75, 3.05) is 25.5 Å². The Balaban J connectivity index is 1.90. The number of nitrogens with zero attached hydrogens (tertiary/aromatic N) is 3. The molecule has 1 saturated heterocycles. The monoisotopic (exact) mass is 248 g/mol. The molecule has 18 heavy (non-hydrogen) atoms. The average molecular weight is 248 g/mol. The lowest BCUT2D eigenvalue weighted by Gasteiger charge is -2.28. The number of amides is 1. The SMILES string of the molecule is Cc1cc(NC[C@H]2CCN(C)C(=O)C2)nc(C)n1. The number of carbonyl (C=O) groups excluding carboxylic acids is 1. The van der Waals surface area contributed by atoms with E-state index in [1.54, 1.807) is 4.90 Å². The zero-order chi connectivity index (χ0) is 13.1. The molecule has 0 unspecified atom stereocenters. The fourth-order valence-corrected chi connectivity index (χ4v) is 2.24. The summed E-state index contributed by atoms with van der Waals surface area (Å²) in [7, 11) is 1.86. The van der Waals surface area contributed by atoms with Gasteiger partial charge in [0.2, 0.25) is 5.91 Å². The summed E-state index contributed by atoms with van der Waals surface area (Å²) in [5.74, 6) is 2.27. The van der Waals surface area contributed by atoms with E-state index in [0.717, 1.165) is 36.8 Å². The van der Waals surface area contributed by atoms with E-state index in [0.29, 0.717) is 12.3 Å². The van der Waals surface area contributed by atoms with Gasteiger partial charge in [0, 0.05) is 38.3 Å². The minimum atomic E-state index is 0.239. The number of anilines is 1. The quantitative estimate of drug-likeness (QED) is 0.878. The molecule has 5 heteroatoms. The Morgan fingerprint density at radius 2 is 2.22 bits per heavy atom. The zero-order valence-corrected chi connectivity index (χ0v) is 11.2. The van der Waals surface area contributed by atoms with Gasteiger partial charge in [-0.25, -0.2) is 9.97 Å². The maximum Gasteiger partial charge on any atom is 0.222 e. The number of piperidine rings is 1. The maximum absolute atomic E-state index is 11.6. The van der Waals surface area contributed by atoms with Gasteiger partial charge in [0.15, 0.2) is 0 Å². The highest BCUT2D eigenvalue weighted by Gasteiger charge is 2.22. The van der Waals surface area contributed by atoms with Crippen molar-refractivity contribution in [1.29, 1.82) is 0 Å². The molecule has 1 atom stereocenters. The first-order valence-corrected chi connectivity index (χ1v) is 6.34. The number of aromatic nitrogens is 2. The first-order valence-electron chi connectivity index (χ1n) is 6.34. The Kier molecular flexibility index (Phi) is 3.79. The van der Waals surface area contributed by atoms with Crippen molar-refractivity contribution in [3.05, 3.63) is 17.6 Å². The standard InChI is InChI=1S/C13H20N4O/c1-9-6-12(16-10(2)15-9)14-8-11-4-5-17(3)13(18)7-11/h6,11H,4-5,7-8H2,1-3H3,(H,14,15,16)/t11-/m0/s1. The van der Waals surface area contributed by atoms with Gasteiger partial charge in [-0.15, -0.1) is 0 Å². The van der Waals surface area contributed by atoms with Crippen LogP contribution in [0, 0.1) is 19.8 Å². The molecule has 2 heterocycles. The van der Waals surface area contributed by atoms with Gasteiger partial charge < -0.3 is 10.2 Å². The van der Waals surface area contributed by atoms with E-state index in [1.807, 2.05) is 27.0 Å². The Morgan fingerprint density at radius 1 is 1.44 bits per heavy atom. The summed E-state index contributed by atoms with van der Waals surface area (Å²) in [4.78, 5) is 22.0. The van der Waals surface area contributed by atoms with Crippen LogP contribution in [0.15, 0.2) is 6.07 Å². The number of nitrogens with one attached hydrogen (secondary N) is 1. The predicted molar refractivity (Wildman–Crippen MR) is 70.4 cm³/mol. The fraction of sp³-hybridized carbons (Fsp3) is 0.615. The number of likely N-dealkylation sites (tertiary alicyclic amines) is 1. The van der Waals surface area contributed by atoms with Gasteiger partial charge in [0.05, 0.1) is 0 Å². The van der Waals surface area contributed by atoms with Crippen molar-refractivity contribution in [3.8, 4) is 0 Å². The maximum atomic E-state index is 11.6. The Labute approximate surface area is 108 Å². The van der Waals surface area contributed by atoms with Crippen LogP contribution in [-0.4, -0.2) is 40.9 Å². The van der Waals surface area contributed by atoms with Gasteiger partial charge in [0.25, 0.3) is 0 Å². The first kappa shape index (κ1) is 12.8. The Morgan fingerprint density at radius 3 is 2.89 bits per heavy atom. The van der Waals surface area contributed by atoms with Crippen molar-refractivity contribution in [2.45, 2.75) is 26.7 Å². The van der Waals surface area contributed by atoms with Crippen LogP contribution in [0.5, 0.6) is 0 Å². The molecule has 0 aliphatic carbocycles. The molecule has 1 fully saturated rings. The molecule has 5 nitrogen and oxygen atoms in total. The number of hydrogen-bond acceptors (Lipinski definition) is 4. The number of hydrogen-bond donors (Lipinski definition) is 1.